The molecule has 5 aromatic rings. The first-order valence-corrected chi connectivity index (χ1v) is 18.7. The molecule has 0 saturated carbocycles. The number of nitriles is 1. The van der Waals surface area contributed by atoms with Crippen LogP contribution in [0.1, 0.15) is 66.1 Å². The molecule has 2 heterocycles. The number of hydrogen-bond acceptors (Lipinski definition) is 7. The molecule has 1 aliphatic heterocycles. The van der Waals surface area contributed by atoms with Gasteiger partial charge < -0.3 is 9.47 Å². The van der Waals surface area contributed by atoms with Crippen molar-refractivity contribution >= 4 is 74.3 Å². The summed E-state index contributed by atoms with van der Waals surface area (Å²) in [5, 5.41) is 9.46. The van der Waals surface area contributed by atoms with E-state index >= 15 is 0 Å². The van der Waals surface area contributed by atoms with E-state index in [-0.39, 0.29) is 18.8 Å². The lowest BCUT2D eigenvalue weighted by Gasteiger charge is -2.26. The maximum atomic E-state index is 14.4. The lowest BCUT2D eigenvalue weighted by Crippen LogP contribution is -2.40. The number of carbonyl (C=O) groups excluding carboxylic acids is 1. The molecule has 0 amide bonds. The van der Waals surface area contributed by atoms with E-state index in [1.54, 1.807) is 17.6 Å². The molecular formula is C39H31I2N3O4S. The highest BCUT2D eigenvalue weighted by atomic mass is 127. The van der Waals surface area contributed by atoms with Crippen molar-refractivity contribution < 1.29 is 14.3 Å². The fraction of sp³-hybridized carbons (Fsp3) is 0.179. The quantitative estimate of drug-likeness (QED) is 0.112. The van der Waals surface area contributed by atoms with Crippen molar-refractivity contribution in [1.29, 1.82) is 5.26 Å². The van der Waals surface area contributed by atoms with Crippen molar-refractivity contribution in [3.05, 3.63) is 157 Å². The van der Waals surface area contributed by atoms with Gasteiger partial charge in [-0.15, -0.1) is 0 Å². The van der Waals surface area contributed by atoms with E-state index in [1.165, 1.54) is 11.3 Å². The third-order valence-corrected chi connectivity index (χ3v) is 10.7. The first-order valence-electron chi connectivity index (χ1n) is 15.7. The number of fused-ring (bicyclic) bond motifs is 1. The van der Waals surface area contributed by atoms with Crippen molar-refractivity contribution in [2.24, 2.45) is 4.99 Å². The number of thiazole rings is 1. The molecule has 1 atom stereocenters. The molecule has 1 aromatic heterocycles. The molecule has 7 nitrogen and oxygen atoms in total. The van der Waals surface area contributed by atoms with Gasteiger partial charge in [-0.1, -0.05) is 98.0 Å². The van der Waals surface area contributed by atoms with Crippen LogP contribution in [0.4, 0.5) is 0 Å². The molecule has 0 spiro atoms. The zero-order valence-corrected chi connectivity index (χ0v) is 32.1. The molecule has 246 valence electrons. The van der Waals surface area contributed by atoms with Gasteiger partial charge in [0.15, 0.2) is 4.80 Å². The van der Waals surface area contributed by atoms with Gasteiger partial charge >= 0.3 is 5.97 Å². The summed E-state index contributed by atoms with van der Waals surface area (Å²) >= 11 is 5.76. The van der Waals surface area contributed by atoms with Gasteiger partial charge in [0, 0.05) is 11.1 Å². The number of halogens is 2. The molecule has 4 aromatic carbocycles. The van der Waals surface area contributed by atoms with Crippen LogP contribution in [0.2, 0.25) is 0 Å². The molecular weight excluding hydrogens is 860 g/mol. The second-order valence-corrected chi connectivity index (χ2v) is 15.0. The van der Waals surface area contributed by atoms with Gasteiger partial charge in [0.2, 0.25) is 0 Å². The Labute approximate surface area is 315 Å². The van der Waals surface area contributed by atoms with E-state index in [9.17, 15) is 14.9 Å². The van der Waals surface area contributed by atoms with Crippen LogP contribution in [-0.4, -0.2) is 17.1 Å². The van der Waals surface area contributed by atoms with Crippen molar-refractivity contribution in [3.63, 3.8) is 0 Å². The van der Waals surface area contributed by atoms with Crippen LogP contribution in [0.3, 0.4) is 0 Å². The average Bonchev–Trinajstić information content (AvgIpc) is 3.41. The molecule has 49 heavy (non-hydrogen) atoms. The van der Waals surface area contributed by atoms with Crippen LogP contribution in [0.15, 0.2) is 106 Å². The van der Waals surface area contributed by atoms with E-state index in [0.717, 1.165) is 35.0 Å². The standard InChI is InChI=1S/C39H31I2N3O4S/c1-4-47-38(46)33-34(26-10-6-5-7-11-26)43-39-44(35(33)27-16-14-25(15-17-27)23(2)3)37(45)32(49-39)20-24-18-30(40)36(31(41)19-24)48-22-29-13-9-8-12-28(29)21-42/h5-20,23,35H,4,22H2,1-3H3/b32-20-/t35-/m1/s1. The molecule has 0 aliphatic carbocycles. The van der Waals surface area contributed by atoms with E-state index in [2.05, 4.69) is 65.1 Å². The molecule has 0 saturated heterocycles. The van der Waals surface area contributed by atoms with Gasteiger partial charge in [-0.2, -0.15) is 5.26 Å². The monoisotopic (exact) mass is 891 g/mol. The van der Waals surface area contributed by atoms with Crippen LogP contribution in [-0.2, 0) is 16.1 Å². The fourth-order valence-corrected chi connectivity index (χ4v) is 8.80. The predicted octanol–water partition coefficient (Wildman–Crippen LogP) is 7.72. The topological polar surface area (TPSA) is 93.7 Å². The van der Waals surface area contributed by atoms with Crippen molar-refractivity contribution in [3.8, 4) is 11.8 Å². The Morgan fingerprint density at radius 3 is 2.35 bits per heavy atom. The summed E-state index contributed by atoms with van der Waals surface area (Å²) in [4.78, 5) is 33.6. The summed E-state index contributed by atoms with van der Waals surface area (Å²) < 4.78 is 15.6. The second-order valence-electron chi connectivity index (χ2n) is 11.6. The number of nitrogens with zero attached hydrogens (tertiary/aromatic N) is 3. The molecule has 0 fully saturated rings. The summed E-state index contributed by atoms with van der Waals surface area (Å²) in [5.74, 6) is 0.533. The van der Waals surface area contributed by atoms with Gasteiger partial charge in [-0.3, -0.25) is 9.36 Å². The zero-order chi connectivity index (χ0) is 34.7. The molecule has 0 unspecified atom stereocenters. The first kappa shape index (κ1) is 34.8. The maximum absolute atomic E-state index is 14.4. The van der Waals surface area contributed by atoms with Crippen LogP contribution in [0.25, 0.3) is 11.8 Å². The summed E-state index contributed by atoms with van der Waals surface area (Å²) in [5.41, 5.74) is 5.52. The highest BCUT2D eigenvalue weighted by Crippen LogP contribution is 2.36. The molecule has 0 N–H and O–H groups in total. The van der Waals surface area contributed by atoms with E-state index in [1.807, 2.05) is 91.0 Å². The molecule has 6 rings (SSSR count). The van der Waals surface area contributed by atoms with Crippen LogP contribution < -0.4 is 19.6 Å². The Morgan fingerprint density at radius 2 is 1.69 bits per heavy atom. The van der Waals surface area contributed by atoms with Crippen LogP contribution in [0.5, 0.6) is 5.75 Å². The van der Waals surface area contributed by atoms with Gasteiger partial charge in [0.1, 0.15) is 12.4 Å². The summed E-state index contributed by atoms with van der Waals surface area (Å²) in [6, 6.07) is 30.4. The van der Waals surface area contributed by atoms with Gasteiger partial charge in [0.05, 0.1) is 47.2 Å². The van der Waals surface area contributed by atoms with E-state index in [0.29, 0.717) is 37.8 Å². The number of carbonyl (C=O) groups is 1. The number of ether oxygens (including phenoxy) is 2. The summed E-state index contributed by atoms with van der Waals surface area (Å²) in [6.07, 6.45) is 1.86. The smallest absolute Gasteiger partial charge is 0.338 e. The third kappa shape index (κ3) is 7.29. The zero-order valence-electron chi connectivity index (χ0n) is 26.9. The Bertz CT molecular complexity index is 2280. The number of hydrogen-bond donors (Lipinski definition) is 0. The van der Waals surface area contributed by atoms with Crippen LogP contribution in [0, 0.1) is 18.5 Å². The van der Waals surface area contributed by atoms with Crippen molar-refractivity contribution in [2.45, 2.75) is 39.3 Å². The Kier molecular flexibility index (Phi) is 10.8. The maximum Gasteiger partial charge on any atom is 0.338 e. The number of esters is 1. The number of aromatic nitrogens is 1. The lowest BCUT2D eigenvalue weighted by atomic mass is 9.91. The Balaban J connectivity index is 1.48. The number of benzene rings is 4. The van der Waals surface area contributed by atoms with Gasteiger partial charge in [0.25, 0.3) is 5.56 Å². The van der Waals surface area contributed by atoms with Crippen molar-refractivity contribution in [1.82, 2.24) is 4.57 Å². The van der Waals surface area contributed by atoms with Gasteiger partial charge in [-0.05, 0) is 99.0 Å². The number of rotatable bonds is 9. The summed E-state index contributed by atoms with van der Waals surface area (Å²) in [6.45, 7) is 6.48. The summed E-state index contributed by atoms with van der Waals surface area (Å²) in [7, 11) is 0. The minimum absolute atomic E-state index is 0.190. The minimum atomic E-state index is -0.735. The third-order valence-electron chi connectivity index (χ3n) is 8.12. The Morgan fingerprint density at radius 1 is 1.02 bits per heavy atom. The highest BCUT2D eigenvalue weighted by Gasteiger charge is 2.35. The van der Waals surface area contributed by atoms with E-state index in [4.69, 9.17) is 14.5 Å². The molecule has 0 radical (unpaired) electrons. The van der Waals surface area contributed by atoms with Gasteiger partial charge in [-0.25, -0.2) is 9.79 Å². The highest BCUT2D eigenvalue weighted by molar-refractivity contribution is 14.1. The normalized spacial score (nSPS) is 14.3. The molecule has 10 heteroatoms. The second kappa shape index (κ2) is 15.2. The van der Waals surface area contributed by atoms with Crippen LogP contribution >= 0.6 is 56.5 Å². The predicted molar refractivity (Wildman–Crippen MR) is 209 cm³/mol. The average molecular weight is 892 g/mol. The molecule has 0 bridgehead atoms. The first-order chi connectivity index (χ1) is 23.7. The lowest BCUT2D eigenvalue weighted by molar-refractivity contribution is -0.138. The fourth-order valence-electron chi connectivity index (χ4n) is 5.68. The minimum Gasteiger partial charge on any atom is -0.487 e. The largest absolute Gasteiger partial charge is 0.487 e. The Hall–Kier alpha value is -4.06. The van der Waals surface area contributed by atoms with Crippen molar-refractivity contribution in [2.75, 3.05) is 6.61 Å². The van der Waals surface area contributed by atoms with E-state index < -0.39 is 12.0 Å². The SMILES string of the molecule is CCOC(=O)C1=C(c2ccccc2)N=c2s/c(=C\c3cc(I)c(OCc4ccccc4C#N)c(I)c3)c(=O)n2[C@@H]1c1ccc(C(C)C)cc1. The molecule has 1 aliphatic rings.